The second-order valence-electron chi connectivity index (χ2n) is 4.17. The molecular weight excluding hydrogens is 355 g/mol. The van der Waals surface area contributed by atoms with Gasteiger partial charge in [0.2, 0.25) is 15.8 Å². The topological polar surface area (TPSA) is 119 Å². The number of aromatic nitrogens is 4. The Kier molecular flexibility index (Phi) is 4.96. The normalized spacial score (nSPS) is 11.4. The number of hydrogen-bond donors (Lipinski definition) is 2. The fourth-order valence-corrected chi connectivity index (χ4v) is 2.10. The van der Waals surface area contributed by atoms with Crippen LogP contribution in [0.1, 0.15) is 0 Å². The summed E-state index contributed by atoms with van der Waals surface area (Å²) in [5.74, 6) is -0.470. The molecule has 0 saturated carbocycles. The molecule has 0 radical (unpaired) electrons. The van der Waals surface area contributed by atoms with Gasteiger partial charge in [-0.3, -0.25) is 10.2 Å². The fraction of sp³-hybridized carbons (Fsp3) is 0.200. The molecule has 0 unspecified atom stereocenters. The summed E-state index contributed by atoms with van der Waals surface area (Å²) in [6.07, 6.45) is 0.903. The third-order valence-electron chi connectivity index (χ3n) is 2.31. The van der Waals surface area contributed by atoms with Crippen LogP contribution >= 0.6 is 23.2 Å². The van der Waals surface area contributed by atoms with Gasteiger partial charge in [-0.15, -0.1) is 15.0 Å². The van der Waals surface area contributed by atoms with E-state index in [0.29, 0.717) is 10.6 Å². The van der Waals surface area contributed by atoms with E-state index in [1.165, 1.54) is 0 Å². The van der Waals surface area contributed by atoms with Crippen molar-refractivity contribution in [1.82, 2.24) is 30.5 Å². The number of rotatable bonds is 5. The monoisotopic (exact) mass is 364 g/mol. The van der Waals surface area contributed by atoms with Gasteiger partial charge in [0.05, 0.1) is 16.3 Å². The summed E-state index contributed by atoms with van der Waals surface area (Å²) in [5, 5.41) is 12.0. The zero-order valence-corrected chi connectivity index (χ0v) is 13.4. The average Bonchev–Trinajstić information content (AvgIpc) is 2.87. The molecule has 0 fully saturated rings. The lowest BCUT2D eigenvalue weighted by Crippen LogP contribution is -2.42. The molecule has 0 atom stereocenters. The zero-order valence-electron chi connectivity index (χ0n) is 11.1. The summed E-state index contributed by atoms with van der Waals surface area (Å²) >= 11 is 11.9. The first-order valence-electron chi connectivity index (χ1n) is 5.74. The van der Waals surface area contributed by atoms with E-state index in [1.54, 1.807) is 18.2 Å². The number of halogens is 2. The maximum atomic E-state index is 11.5. The van der Waals surface area contributed by atoms with Crippen LogP contribution in [0, 0.1) is 0 Å². The van der Waals surface area contributed by atoms with Crippen LogP contribution in [0.3, 0.4) is 0 Å². The van der Waals surface area contributed by atoms with Crippen molar-refractivity contribution in [2.24, 2.45) is 0 Å². The molecular formula is C10H10Cl2N6O3S. The standard InChI is InChI=1S/C10H10Cl2N6O3S/c1-22(20,21)17-13-8(19)5-18-15-10(14-16-18)6-3-2-4-7(11)9(6)12/h2-4,17H,5H2,1H3,(H,13,19). The molecule has 0 spiro atoms. The number of carbonyl (C=O) groups excluding carboxylic acids is 1. The molecule has 1 heterocycles. The first kappa shape index (κ1) is 16.6. The van der Waals surface area contributed by atoms with Crippen LogP contribution in [-0.2, 0) is 21.4 Å². The van der Waals surface area contributed by atoms with E-state index >= 15 is 0 Å². The van der Waals surface area contributed by atoms with Crippen molar-refractivity contribution in [2.75, 3.05) is 6.26 Å². The van der Waals surface area contributed by atoms with Gasteiger partial charge < -0.3 is 0 Å². The van der Waals surface area contributed by atoms with Crippen LogP contribution in [0.25, 0.3) is 11.4 Å². The number of tetrazole rings is 1. The van der Waals surface area contributed by atoms with Crippen molar-refractivity contribution >= 4 is 39.1 Å². The molecule has 2 rings (SSSR count). The molecule has 12 heteroatoms. The highest BCUT2D eigenvalue weighted by Crippen LogP contribution is 2.30. The minimum Gasteiger partial charge on any atom is -0.276 e. The Balaban J connectivity index is 2.09. The van der Waals surface area contributed by atoms with Gasteiger partial charge in [0.15, 0.2) is 0 Å². The van der Waals surface area contributed by atoms with E-state index < -0.39 is 15.9 Å². The van der Waals surface area contributed by atoms with E-state index in [2.05, 4.69) is 15.4 Å². The fourth-order valence-electron chi connectivity index (χ4n) is 1.41. The molecule has 0 aliphatic carbocycles. The third-order valence-corrected chi connectivity index (χ3v) is 3.60. The van der Waals surface area contributed by atoms with E-state index in [0.717, 1.165) is 11.1 Å². The maximum Gasteiger partial charge on any atom is 0.258 e. The highest BCUT2D eigenvalue weighted by atomic mass is 35.5. The Morgan fingerprint density at radius 3 is 2.77 bits per heavy atom. The molecule has 118 valence electrons. The number of hydrogen-bond acceptors (Lipinski definition) is 6. The summed E-state index contributed by atoms with van der Waals surface area (Å²) < 4.78 is 21.7. The Labute approximate surface area is 135 Å². The molecule has 0 bridgehead atoms. The molecule has 1 amide bonds. The number of carbonyl (C=O) groups is 1. The highest BCUT2D eigenvalue weighted by molar-refractivity contribution is 7.88. The lowest BCUT2D eigenvalue weighted by atomic mass is 10.2. The second-order valence-corrected chi connectivity index (χ2v) is 6.70. The van der Waals surface area contributed by atoms with Crippen LogP contribution in [0.15, 0.2) is 18.2 Å². The Morgan fingerprint density at radius 1 is 1.36 bits per heavy atom. The van der Waals surface area contributed by atoms with Gasteiger partial charge in [-0.1, -0.05) is 29.3 Å². The number of nitrogens with one attached hydrogen (secondary N) is 2. The van der Waals surface area contributed by atoms with Gasteiger partial charge in [-0.2, -0.15) is 4.80 Å². The minimum absolute atomic E-state index is 0.191. The van der Waals surface area contributed by atoms with Crippen molar-refractivity contribution in [2.45, 2.75) is 6.54 Å². The Hall–Kier alpha value is -1.75. The summed E-state index contributed by atoms with van der Waals surface area (Å²) in [7, 11) is -3.54. The highest BCUT2D eigenvalue weighted by Gasteiger charge is 2.14. The Morgan fingerprint density at radius 2 is 2.09 bits per heavy atom. The van der Waals surface area contributed by atoms with Crippen LogP contribution in [0.2, 0.25) is 10.0 Å². The molecule has 9 nitrogen and oxygen atoms in total. The molecule has 2 aromatic rings. The molecule has 0 aliphatic rings. The van der Waals surface area contributed by atoms with Gasteiger partial charge in [0.1, 0.15) is 6.54 Å². The third kappa shape index (κ3) is 4.37. The SMILES string of the molecule is CS(=O)(=O)NNC(=O)Cn1nnc(-c2cccc(Cl)c2Cl)n1. The Bertz CT molecular complexity index is 807. The van der Waals surface area contributed by atoms with Gasteiger partial charge in [-0.05, 0) is 17.3 Å². The lowest BCUT2D eigenvalue weighted by molar-refractivity contribution is -0.122. The van der Waals surface area contributed by atoms with Crippen LogP contribution < -0.4 is 10.3 Å². The van der Waals surface area contributed by atoms with Gasteiger partial charge in [-0.25, -0.2) is 8.42 Å². The van der Waals surface area contributed by atoms with Gasteiger partial charge >= 0.3 is 0 Å². The van der Waals surface area contributed by atoms with Crippen molar-refractivity contribution < 1.29 is 13.2 Å². The molecule has 1 aromatic carbocycles. The lowest BCUT2D eigenvalue weighted by Gasteiger charge is -2.03. The van der Waals surface area contributed by atoms with Crippen molar-refractivity contribution in [3.8, 4) is 11.4 Å². The summed E-state index contributed by atoms with van der Waals surface area (Å²) in [6.45, 7) is -0.326. The van der Waals surface area contributed by atoms with E-state index in [4.69, 9.17) is 23.2 Å². The van der Waals surface area contributed by atoms with Crippen molar-refractivity contribution in [3.63, 3.8) is 0 Å². The minimum atomic E-state index is -3.54. The summed E-state index contributed by atoms with van der Waals surface area (Å²) in [5.41, 5.74) is 2.46. The number of amides is 1. The molecule has 22 heavy (non-hydrogen) atoms. The van der Waals surface area contributed by atoms with Crippen molar-refractivity contribution in [1.29, 1.82) is 0 Å². The largest absolute Gasteiger partial charge is 0.276 e. The summed E-state index contributed by atoms with van der Waals surface area (Å²) in [6, 6.07) is 4.94. The smallest absolute Gasteiger partial charge is 0.258 e. The first-order valence-corrected chi connectivity index (χ1v) is 8.39. The van der Waals surface area contributed by atoms with Crippen LogP contribution in [0.4, 0.5) is 0 Å². The second kappa shape index (κ2) is 6.57. The molecule has 0 aliphatic heterocycles. The van der Waals surface area contributed by atoms with Crippen LogP contribution in [0.5, 0.6) is 0 Å². The zero-order chi connectivity index (χ0) is 16.3. The number of nitrogens with zero attached hydrogens (tertiary/aromatic N) is 4. The van der Waals surface area contributed by atoms with Gasteiger partial charge in [0, 0.05) is 5.56 Å². The van der Waals surface area contributed by atoms with Crippen molar-refractivity contribution in [3.05, 3.63) is 28.2 Å². The van der Waals surface area contributed by atoms with E-state index in [-0.39, 0.29) is 17.4 Å². The first-order chi connectivity index (χ1) is 10.3. The van der Waals surface area contributed by atoms with E-state index in [1.807, 2.05) is 10.3 Å². The van der Waals surface area contributed by atoms with E-state index in [9.17, 15) is 13.2 Å². The van der Waals surface area contributed by atoms with Gasteiger partial charge in [0.25, 0.3) is 5.91 Å². The maximum absolute atomic E-state index is 11.5. The molecule has 0 saturated heterocycles. The van der Waals surface area contributed by atoms with Crippen LogP contribution in [-0.4, -0.2) is 40.8 Å². The summed E-state index contributed by atoms with van der Waals surface area (Å²) in [4.78, 5) is 14.3. The number of sulfonamides is 1. The predicted molar refractivity (Wildman–Crippen MR) is 79.4 cm³/mol. The number of hydrazine groups is 1. The molecule has 2 N–H and O–H groups in total. The predicted octanol–water partition coefficient (Wildman–Crippen LogP) is 0.227. The quantitative estimate of drug-likeness (QED) is 0.732. The number of benzene rings is 1. The molecule has 1 aromatic heterocycles. The average molecular weight is 365 g/mol.